The first-order chi connectivity index (χ1) is 32.7. The molecule has 0 aromatic heterocycles. The molecule has 0 fully saturated rings. The molecule has 5 unspecified atom stereocenters. The van der Waals surface area contributed by atoms with Gasteiger partial charge < -0.3 is 50.3 Å². The van der Waals surface area contributed by atoms with Crippen molar-refractivity contribution in [2.45, 2.75) is 134 Å². The maximum Gasteiger partial charge on any atom is 0.407 e. The van der Waals surface area contributed by atoms with Crippen molar-refractivity contribution in [3.63, 3.8) is 0 Å². The van der Waals surface area contributed by atoms with E-state index in [1.807, 2.05) is 104 Å². The summed E-state index contributed by atoms with van der Waals surface area (Å²) >= 11 is 0. The van der Waals surface area contributed by atoms with E-state index in [1.54, 1.807) is 20.8 Å². The number of aliphatic hydroxyl groups is 4. The van der Waals surface area contributed by atoms with Crippen LogP contribution in [-0.4, -0.2) is 114 Å². The van der Waals surface area contributed by atoms with Crippen LogP contribution in [0, 0.1) is 11.8 Å². The number of alkyl carbamates (subject to hydrolysis) is 1. The van der Waals surface area contributed by atoms with Crippen LogP contribution < -0.4 is 26.3 Å². The molecule has 0 saturated carbocycles. The van der Waals surface area contributed by atoms with Crippen LogP contribution in [0.4, 0.5) is 4.79 Å². The van der Waals surface area contributed by atoms with Crippen LogP contribution in [-0.2, 0) is 33.3 Å². The minimum atomic E-state index is -2.93. The highest BCUT2D eigenvalue weighted by molar-refractivity contribution is 7.03. The maximum atomic E-state index is 14.2. The van der Waals surface area contributed by atoms with Crippen molar-refractivity contribution in [3.8, 4) is 11.1 Å². The Morgan fingerprint density at radius 1 is 0.725 bits per heavy atom. The lowest BCUT2D eigenvalue weighted by Gasteiger charge is -2.55. The normalized spacial score (nSPS) is 19.0. The highest BCUT2D eigenvalue weighted by Gasteiger charge is 2.63. The number of fused-ring (bicyclic) bond motifs is 4. The molecule has 7 N–H and O–H groups in total. The quantitative estimate of drug-likeness (QED) is 0.0423. The molecule has 8 atom stereocenters. The van der Waals surface area contributed by atoms with Crippen molar-refractivity contribution in [1.29, 1.82) is 0 Å². The molecule has 1 aliphatic carbocycles. The number of hydrogen-bond acceptors (Lipinski definition) is 11. The summed E-state index contributed by atoms with van der Waals surface area (Å²) in [5.41, 5.74) is 4.43. The highest BCUT2D eigenvalue weighted by Crippen LogP contribution is 2.45. The second-order valence-electron chi connectivity index (χ2n) is 20.5. The van der Waals surface area contributed by atoms with E-state index in [-0.39, 0.29) is 42.9 Å². The minimum absolute atomic E-state index is 0.0363. The first-order valence-corrected chi connectivity index (χ1v) is 26.0. The monoisotopic (exact) mass is 965 g/mol. The second kappa shape index (κ2) is 22.6. The highest BCUT2D eigenvalue weighted by atomic mass is 28.4. The lowest BCUT2D eigenvalue weighted by atomic mass is 9.92. The van der Waals surface area contributed by atoms with Gasteiger partial charge in [-0.05, 0) is 83.6 Å². The van der Waals surface area contributed by atoms with Crippen molar-refractivity contribution < 1.29 is 53.5 Å². The summed E-state index contributed by atoms with van der Waals surface area (Å²) in [5, 5.41) is 53.6. The van der Waals surface area contributed by atoms with Gasteiger partial charge in [0, 0.05) is 23.9 Å². The van der Waals surface area contributed by atoms with E-state index in [1.165, 1.54) is 0 Å². The number of benzene rings is 4. The van der Waals surface area contributed by atoms with Crippen LogP contribution >= 0.6 is 0 Å². The van der Waals surface area contributed by atoms with Crippen molar-refractivity contribution >= 4 is 42.6 Å². The maximum absolute atomic E-state index is 14.2. The fourth-order valence-corrected chi connectivity index (χ4v) is 14.7. The molecule has 6 rings (SSSR count). The number of hydrogen-bond donors (Lipinski definition) is 7. The van der Waals surface area contributed by atoms with Gasteiger partial charge in [0.05, 0.1) is 12.7 Å². The Kier molecular flexibility index (Phi) is 17.3. The number of nitrogens with one attached hydrogen (secondary N) is 3. The average molecular weight is 966 g/mol. The van der Waals surface area contributed by atoms with Crippen molar-refractivity contribution in [2.75, 3.05) is 19.8 Å². The fraction of sp³-hybridized carbons (Fsp3) is 0.481. The summed E-state index contributed by atoms with van der Waals surface area (Å²) in [5.74, 6) is -2.35. The molecular formula is C54H71N3O11Si. The van der Waals surface area contributed by atoms with E-state index in [0.29, 0.717) is 12.3 Å². The van der Waals surface area contributed by atoms with E-state index in [2.05, 4.69) is 49.7 Å². The topological polar surface area (TPSA) is 213 Å². The molecule has 1 aliphatic heterocycles. The van der Waals surface area contributed by atoms with Crippen LogP contribution in [0.1, 0.15) is 104 Å². The zero-order chi connectivity index (χ0) is 50.3. The molecule has 3 amide bonds. The molecule has 69 heavy (non-hydrogen) atoms. The number of esters is 1. The molecule has 15 heteroatoms. The van der Waals surface area contributed by atoms with Gasteiger partial charge in [-0.25, -0.2) is 9.59 Å². The van der Waals surface area contributed by atoms with Gasteiger partial charge in [0.25, 0.3) is 8.32 Å². The standard InChI is InChI=1S/C54H71N3O11Si/c1-33(2)26-27-34(3)47(57-52(65)66-31-40-38-22-14-12-20-36(38)37-21-13-15-23-39(37)40)50(63)56-42(51(64)68-53(4,5)6)28-29-46(60)55-30-43(58)48(61)49(62)44(59)32-67-69(35-18-10-9-11-19-35)45-25-17-16-24-41(45)54(69,7)8/h9-25,33-34,40,42-44,47-49,58-59,61-62H,26-32H2,1-8H3,(H,55,60)(H,56,63)(H,57,65)/t34?,42-,43-,44+,47?,48?,49?,69?/m0/s1. The van der Waals surface area contributed by atoms with Gasteiger partial charge in [0.15, 0.2) is 0 Å². The zero-order valence-corrected chi connectivity index (χ0v) is 42.1. The lowest BCUT2D eigenvalue weighted by Crippen LogP contribution is -2.81. The smallest absolute Gasteiger partial charge is 0.407 e. The number of carbonyl (C=O) groups excluding carboxylic acids is 4. The third kappa shape index (κ3) is 12.1. The van der Waals surface area contributed by atoms with Crippen LogP contribution in [0.25, 0.3) is 11.1 Å². The van der Waals surface area contributed by atoms with Crippen molar-refractivity contribution in [2.24, 2.45) is 11.8 Å². The first-order valence-electron chi connectivity index (χ1n) is 24.1. The Hall–Kier alpha value is -5.42. The number of carbonyl (C=O) groups is 4. The molecular weight excluding hydrogens is 895 g/mol. The van der Waals surface area contributed by atoms with Crippen LogP contribution in [0.2, 0.25) is 0 Å². The third-order valence-corrected chi connectivity index (χ3v) is 18.5. The largest absolute Gasteiger partial charge is 0.458 e. The van der Waals surface area contributed by atoms with E-state index >= 15 is 0 Å². The van der Waals surface area contributed by atoms with Gasteiger partial charge in [-0.1, -0.05) is 144 Å². The molecule has 372 valence electrons. The molecule has 14 nitrogen and oxygen atoms in total. The summed E-state index contributed by atoms with van der Waals surface area (Å²) in [4.78, 5) is 54.5. The Morgan fingerprint density at radius 2 is 1.30 bits per heavy atom. The van der Waals surface area contributed by atoms with E-state index < -0.39 is 80.8 Å². The zero-order valence-electron chi connectivity index (χ0n) is 41.1. The molecule has 0 spiro atoms. The molecule has 4 aromatic rings. The number of amides is 3. The van der Waals surface area contributed by atoms with Gasteiger partial charge in [0.1, 0.15) is 42.6 Å². The Labute approximate surface area is 407 Å². The van der Waals surface area contributed by atoms with Crippen molar-refractivity contribution in [3.05, 3.63) is 120 Å². The Bertz CT molecular complexity index is 2360. The van der Waals surface area contributed by atoms with Gasteiger partial charge in [-0.3, -0.25) is 9.59 Å². The summed E-state index contributed by atoms with van der Waals surface area (Å²) in [6.45, 7) is 14.4. The average Bonchev–Trinajstić information content (AvgIpc) is 3.64. The summed E-state index contributed by atoms with van der Waals surface area (Å²) in [6.07, 6.45) is -6.96. The second-order valence-corrected chi connectivity index (χ2v) is 24.5. The van der Waals surface area contributed by atoms with Crippen LogP contribution in [0.3, 0.4) is 0 Å². The van der Waals surface area contributed by atoms with Gasteiger partial charge in [-0.2, -0.15) is 0 Å². The van der Waals surface area contributed by atoms with Crippen molar-refractivity contribution in [1.82, 2.24) is 16.0 Å². The Morgan fingerprint density at radius 3 is 1.93 bits per heavy atom. The molecule has 1 heterocycles. The Balaban J connectivity index is 1.05. The van der Waals surface area contributed by atoms with Crippen LogP contribution in [0.5, 0.6) is 0 Å². The lowest BCUT2D eigenvalue weighted by molar-refractivity contribution is -0.159. The van der Waals surface area contributed by atoms with E-state index in [9.17, 15) is 39.6 Å². The predicted octanol–water partition coefficient (Wildman–Crippen LogP) is 4.74. The molecule has 0 radical (unpaired) electrons. The number of rotatable bonds is 22. The molecule has 0 bridgehead atoms. The fourth-order valence-electron chi connectivity index (χ4n) is 9.68. The van der Waals surface area contributed by atoms with Crippen LogP contribution in [0.15, 0.2) is 103 Å². The summed E-state index contributed by atoms with van der Waals surface area (Å²) in [6, 6.07) is 31.3. The van der Waals surface area contributed by atoms with Gasteiger partial charge in [0.2, 0.25) is 11.8 Å². The van der Waals surface area contributed by atoms with Gasteiger partial charge >= 0.3 is 12.1 Å². The molecule has 2 aliphatic rings. The van der Waals surface area contributed by atoms with Gasteiger partial charge in [-0.15, -0.1) is 0 Å². The van der Waals surface area contributed by atoms with E-state index in [4.69, 9.17) is 13.9 Å². The van der Waals surface area contributed by atoms with E-state index in [0.717, 1.165) is 44.6 Å². The SMILES string of the molecule is CC(C)CCC(C)C(NC(=O)OCC1c2ccccc2-c2ccccc21)C(=O)N[C@@H](CCC(=O)NC[C@H](O)C(O)C(O)[C@H](O)CO[Si]1(c2ccccc2)c2ccccc2C1(C)C)C(=O)OC(C)(C)C. The number of aliphatic hydroxyl groups excluding tert-OH is 4. The minimum Gasteiger partial charge on any atom is -0.458 e. The molecule has 4 aromatic carbocycles. The number of ether oxygens (including phenoxy) is 2. The first kappa shape index (κ1) is 52.9. The molecule has 0 saturated heterocycles. The summed E-state index contributed by atoms with van der Waals surface area (Å²) in [7, 11) is -2.93. The summed E-state index contributed by atoms with van der Waals surface area (Å²) < 4.78 is 18.1. The predicted molar refractivity (Wildman–Crippen MR) is 266 cm³/mol. The third-order valence-electron chi connectivity index (χ3n) is 13.5.